The van der Waals surface area contributed by atoms with Gasteiger partial charge < -0.3 is 10.6 Å². The monoisotopic (exact) mass is 296 g/mol. The average Bonchev–Trinajstić information content (AvgIpc) is 2.89. The van der Waals surface area contributed by atoms with E-state index in [1.807, 2.05) is 0 Å². The van der Waals surface area contributed by atoms with Crippen molar-refractivity contribution in [2.45, 2.75) is 51.6 Å². The highest BCUT2D eigenvalue weighted by molar-refractivity contribution is 5.85. The second kappa shape index (κ2) is 8.28. The third-order valence-corrected chi connectivity index (χ3v) is 3.73. The lowest BCUT2D eigenvalue weighted by atomic mass is 10.0. The van der Waals surface area contributed by atoms with Crippen molar-refractivity contribution in [2.24, 2.45) is 0 Å². The van der Waals surface area contributed by atoms with Crippen LogP contribution >= 0.6 is 12.4 Å². The molecule has 112 valence electrons. The van der Waals surface area contributed by atoms with Gasteiger partial charge in [-0.25, -0.2) is 0 Å². The van der Waals surface area contributed by atoms with Crippen molar-refractivity contribution in [1.82, 2.24) is 10.6 Å². The number of halogens is 1. The second-order valence-electron chi connectivity index (χ2n) is 5.67. The van der Waals surface area contributed by atoms with Crippen LogP contribution in [0.2, 0.25) is 0 Å². The highest BCUT2D eigenvalue weighted by atomic mass is 35.5. The minimum atomic E-state index is 0. The van der Waals surface area contributed by atoms with E-state index in [1.165, 1.54) is 12.0 Å². The Morgan fingerprint density at radius 2 is 2.05 bits per heavy atom. The molecule has 4 heteroatoms. The summed E-state index contributed by atoms with van der Waals surface area (Å²) in [6.45, 7) is 6.05. The molecule has 1 saturated heterocycles. The van der Waals surface area contributed by atoms with E-state index in [9.17, 15) is 4.79 Å². The fourth-order valence-corrected chi connectivity index (χ4v) is 2.45. The molecular formula is C16H25ClN2O. The van der Waals surface area contributed by atoms with E-state index >= 15 is 0 Å². The van der Waals surface area contributed by atoms with Gasteiger partial charge in [0.25, 0.3) is 0 Å². The summed E-state index contributed by atoms with van der Waals surface area (Å²) >= 11 is 0. The van der Waals surface area contributed by atoms with Gasteiger partial charge in [0, 0.05) is 19.0 Å². The molecular weight excluding hydrogens is 272 g/mol. The van der Waals surface area contributed by atoms with Gasteiger partial charge in [-0.1, -0.05) is 38.1 Å². The highest BCUT2D eigenvalue weighted by Crippen LogP contribution is 2.14. The molecule has 0 spiro atoms. The second-order valence-corrected chi connectivity index (χ2v) is 5.67. The molecule has 0 aliphatic carbocycles. The van der Waals surface area contributed by atoms with E-state index < -0.39 is 0 Å². The van der Waals surface area contributed by atoms with Crippen LogP contribution in [0, 0.1) is 0 Å². The SMILES string of the molecule is CC(C)c1ccc(CNC(=O)CC2CCCN2)cc1.Cl. The standard InChI is InChI=1S/C16H24N2O.ClH/c1-12(2)14-7-5-13(6-8-14)11-18-16(19)10-15-4-3-9-17-15;/h5-8,12,15,17H,3-4,9-11H2,1-2H3,(H,18,19);1H. The lowest BCUT2D eigenvalue weighted by Gasteiger charge is -2.11. The molecule has 0 aromatic heterocycles. The average molecular weight is 297 g/mol. The molecule has 20 heavy (non-hydrogen) atoms. The van der Waals surface area contributed by atoms with Gasteiger partial charge in [0.2, 0.25) is 5.91 Å². The third-order valence-electron chi connectivity index (χ3n) is 3.73. The number of carbonyl (C=O) groups excluding carboxylic acids is 1. The van der Waals surface area contributed by atoms with Crippen molar-refractivity contribution in [3.63, 3.8) is 0 Å². The van der Waals surface area contributed by atoms with Gasteiger partial charge in [-0.15, -0.1) is 12.4 Å². The summed E-state index contributed by atoms with van der Waals surface area (Å²) in [7, 11) is 0. The fraction of sp³-hybridized carbons (Fsp3) is 0.562. The molecule has 0 radical (unpaired) electrons. The van der Waals surface area contributed by atoms with E-state index in [0.717, 1.165) is 18.5 Å². The Morgan fingerprint density at radius 1 is 1.35 bits per heavy atom. The van der Waals surface area contributed by atoms with Crippen LogP contribution in [0.4, 0.5) is 0 Å². The molecule has 1 aliphatic rings. The maximum Gasteiger partial charge on any atom is 0.221 e. The van der Waals surface area contributed by atoms with E-state index in [-0.39, 0.29) is 18.3 Å². The van der Waals surface area contributed by atoms with E-state index in [2.05, 4.69) is 48.7 Å². The zero-order valence-electron chi connectivity index (χ0n) is 12.3. The molecule has 1 fully saturated rings. The van der Waals surface area contributed by atoms with Crippen molar-refractivity contribution >= 4 is 18.3 Å². The highest BCUT2D eigenvalue weighted by Gasteiger charge is 2.17. The largest absolute Gasteiger partial charge is 0.352 e. The number of carbonyl (C=O) groups is 1. The minimum absolute atomic E-state index is 0. The minimum Gasteiger partial charge on any atom is -0.352 e. The summed E-state index contributed by atoms with van der Waals surface area (Å²) in [4.78, 5) is 11.8. The van der Waals surface area contributed by atoms with Gasteiger partial charge in [0.05, 0.1) is 0 Å². The van der Waals surface area contributed by atoms with Crippen molar-refractivity contribution in [3.8, 4) is 0 Å². The molecule has 2 rings (SSSR count). The van der Waals surface area contributed by atoms with Gasteiger partial charge in [-0.3, -0.25) is 4.79 Å². The molecule has 0 saturated carbocycles. The first-order valence-electron chi connectivity index (χ1n) is 7.24. The summed E-state index contributed by atoms with van der Waals surface area (Å²) in [5.41, 5.74) is 2.50. The summed E-state index contributed by atoms with van der Waals surface area (Å²) < 4.78 is 0. The Balaban J connectivity index is 0.00000200. The van der Waals surface area contributed by atoms with Crippen LogP contribution in [0.15, 0.2) is 24.3 Å². The number of hydrogen-bond acceptors (Lipinski definition) is 2. The molecule has 1 aromatic carbocycles. The van der Waals surface area contributed by atoms with Crippen molar-refractivity contribution in [2.75, 3.05) is 6.54 Å². The van der Waals surface area contributed by atoms with Crippen LogP contribution in [0.3, 0.4) is 0 Å². The topological polar surface area (TPSA) is 41.1 Å². The molecule has 3 nitrogen and oxygen atoms in total. The van der Waals surface area contributed by atoms with Crippen LogP contribution in [0.1, 0.15) is 50.2 Å². The first kappa shape index (κ1) is 17.0. The quantitative estimate of drug-likeness (QED) is 0.877. The maximum atomic E-state index is 11.8. The Bertz CT molecular complexity index is 411. The first-order chi connectivity index (χ1) is 9.15. The molecule has 1 amide bonds. The van der Waals surface area contributed by atoms with Crippen LogP contribution < -0.4 is 10.6 Å². The predicted octanol–water partition coefficient (Wildman–Crippen LogP) is 2.99. The Hall–Kier alpha value is -1.06. The van der Waals surface area contributed by atoms with Crippen molar-refractivity contribution < 1.29 is 4.79 Å². The molecule has 1 aliphatic heterocycles. The number of nitrogens with one attached hydrogen (secondary N) is 2. The van der Waals surface area contributed by atoms with Gasteiger partial charge >= 0.3 is 0 Å². The normalized spacial score (nSPS) is 17.9. The Labute approximate surface area is 127 Å². The molecule has 1 atom stereocenters. The zero-order valence-corrected chi connectivity index (χ0v) is 13.1. The van der Waals surface area contributed by atoms with Gasteiger partial charge in [-0.2, -0.15) is 0 Å². The summed E-state index contributed by atoms with van der Waals surface area (Å²) in [5.74, 6) is 0.699. The number of rotatable bonds is 5. The van der Waals surface area contributed by atoms with Crippen molar-refractivity contribution in [3.05, 3.63) is 35.4 Å². The molecule has 2 N–H and O–H groups in total. The van der Waals surface area contributed by atoms with Crippen LogP contribution in [0.25, 0.3) is 0 Å². The van der Waals surface area contributed by atoms with Gasteiger partial charge in [0.1, 0.15) is 0 Å². The Kier molecular flexibility index (Phi) is 7.03. The summed E-state index contributed by atoms with van der Waals surface area (Å²) in [6, 6.07) is 8.87. The molecule has 0 bridgehead atoms. The zero-order chi connectivity index (χ0) is 13.7. The predicted molar refractivity (Wildman–Crippen MR) is 85.3 cm³/mol. The fourth-order valence-electron chi connectivity index (χ4n) is 2.45. The van der Waals surface area contributed by atoms with Crippen LogP contribution in [-0.4, -0.2) is 18.5 Å². The maximum absolute atomic E-state index is 11.8. The molecule has 1 aromatic rings. The summed E-state index contributed by atoms with van der Waals surface area (Å²) in [5, 5.41) is 6.34. The lowest BCUT2D eigenvalue weighted by molar-refractivity contribution is -0.121. The van der Waals surface area contributed by atoms with E-state index in [0.29, 0.717) is 24.9 Å². The number of hydrogen-bond donors (Lipinski definition) is 2. The number of benzene rings is 1. The van der Waals surface area contributed by atoms with Crippen LogP contribution in [0.5, 0.6) is 0 Å². The summed E-state index contributed by atoms with van der Waals surface area (Å²) in [6.07, 6.45) is 2.91. The first-order valence-corrected chi connectivity index (χ1v) is 7.24. The molecule has 1 heterocycles. The number of amides is 1. The smallest absolute Gasteiger partial charge is 0.221 e. The third kappa shape index (κ3) is 5.14. The molecule has 1 unspecified atom stereocenters. The van der Waals surface area contributed by atoms with Gasteiger partial charge in [0.15, 0.2) is 0 Å². The van der Waals surface area contributed by atoms with Crippen molar-refractivity contribution in [1.29, 1.82) is 0 Å². The van der Waals surface area contributed by atoms with E-state index in [4.69, 9.17) is 0 Å². The Morgan fingerprint density at radius 3 is 2.60 bits per heavy atom. The van der Waals surface area contributed by atoms with Crippen LogP contribution in [-0.2, 0) is 11.3 Å². The lowest BCUT2D eigenvalue weighted by Crippen LogP contribution is -2.31. The van der Waals surface area contributed by atoms with E-state index in [1.54, 1.807) is 0 Å². The van der Waals surface area contributed by atoms with Gasteiger partial charge in [-0.05, 0) is 36.4 Å².